The molecule has 4 nitrogen and oxygen atoms in total. The zero-order valence-corrected chi connectivity index (χ0v) is 11.9. The number of hydrogen-bond donors (Lipinski definition) is 3. The van der Waals surface area contributed by atoms with Crippen LogP contribution in [0.15, 0.2) is 30.5 Å². The second kappa shape index (κ2) is 5.67. The van der Waals surface area contributed by atoms with Gasteiger partial charge in [-0.1, -0.05) is 6.07 Å². The number of phenolic OH excluding ortho intramolecular Hbond substituents is 1. The summed E-state index contributed by atoms with van der Waals surface area (Å²) in [6.07, 6.45) is 3.67. The molecule has 0 aliphatic carbocycles. The maximum Gasteiger partial charge on any atom is 0.134 e. The molecule has 1 aromatic heterocycles. The van der Waals surface area contributed by atoms with Gasteiger partial charge in [0.15, 0.2) is 0 Å². The molecule has 0 aliphatic rings. The van der Waals surface area contributed by atoms with Crippen LogP contribution in [-0.2, 0) is 0 Å². The molecule has 0 saturated heterocycles. The van der Waals surface area contributed by atoms with Gasteiger partial charge < -0.3 is 15.5 Å². The quantitative estimate of drug-likeness (QED) is 0.784. The van der Waals surface area contributed by atoms with E-state index < -0.39 is 5.60 Å². The Morgan fingerprint density at radius 3 is 2.89 bits per heavy atom. The predicted molar refractivity (Wildman–Crippen MR) is 80.9 cm³/mol. The van der Waals surface area contributed by atoms with Crippen molar-refractivity contribution in [3.8, 4) is 5.75 Å². The highest BCUT2D eigenvalue weighted by Crippen LogP contribution is 2.25. The Kier molecular flexibility index (Phi) is 4.17. The van der Waals surface area contributed by atoms with E-state index in [1.807, 2.05) is 18.4 Å². The lowest BCUT2D eigenvalue weighted by Gasteiger charge is -2.23. The predicted octanol–water partition coefficient (Wildman–Crippen LogP) is 2.47. The van der Waals surface area contributed by atoms with Crippen LogP contribution in [0.1, 0.15) is 6.92 Å². The van der Waals surface area contributed by atoms with Gasteiger partial charge >= 0.3 is 0 Å². The first-order valence-electron chi connectivity index (χ1n) is 6.05. The first-order valence-corrected chi connectivity index (χ1v) is 7.44. The summed E-state index contributed by atoms with van der Waals surface area (Å²) in [5.74, 6) is 1.53. The van der Waals surface area contributed by atoms with Gasteiger partial charge in [-0.15, -0.1) is 0 Å². The van der Waals surface area contributed by atoms with Gasteiger partial charge in [0.1, 0.15) is 11.6 Å². The highest BCUT2D eigenvalue weighted by molar-refractivity contribution is 7.98. The minimum Gasteiger partial charge on any atom is -0.508 e. The molecule has 0 bridgehead atoms. The summed E-state index contributed by atoms with van der Waals surface area (Å²) in [5.41, 5.74) is -0.792. The lowest BCUT2D eigenvalue weighted by atomic mass is 10.1. The van der Waals surface area contributed by atoms with Crippen LogP contribution in [-0.4, -0.2) is 39.4 Å². The van der Waals surface area contributed by atoms with E-state index in [1.54, 1.807) is 37.0 Å². The summed E-state index contributed by atoms with van der Waals surface area (Å²) in [5, 5.41) is 24.7. The Balaban J connectivity index is 2.23. The Labute approximate surface area is 116 Å². The third-order valence-corrected chi connectivity index (χ3v) is 3.75. The molecule has 5 heteroatoms. The third kappa shape index (κ3) is 3.52. The van der Waals surface area contributed by atoms with Crippen molar-refractivity contribution in [2.75, 3.05) is 23.9 Å². The van der Waals surface area contributed by atoms with E-state index in [2.05, 4.69) is 10.3 Å². The number of aromatic nitrogens is 1. The van der Waals surface area contributed by atoms with Crippen molar-refractivity contribution < 1.29 is 10.2 Å². The van der Waals surface area contributed by atoms with Crippen LogP contribution in [0.25, 0.3) is 10.8 Å². The summed E-state index contributed by atoms with van der Waals surface area (Å²) >= 11 is 1.60. The van der Waals surface area contributed by atoms with Crippen molar-refractivity contribution in [3.05, 3.63) is 30.5 Å². The summed E-state index contributed by atoms with van der Waals surface area (Å²) in [6, 6.07) is 7.06. The monoisotopic (exact) mass is 278 g/mol. The summed E-state index contributed by atoms with van der Waals surface area (Å²) < 4.78 is 0. The Morgan fingerprint density at radius 2 is 2.16 bits per heavy atom. The molecule has 0 amide bonds. The van der Waals surface area contributed by atoms with Gasteiger partial charge in [-0.2, -0.15) is 11.8 Å². The number of nitrogens with one attached hydrogen (secondary N) is 1. The van der Waals surface area contributed by atoms with Crippen molar-refractivity contribution in [1.29, 1.82) is 0 Å². The standard InChI is InChI=1S/C14H18N2O2S/c1-14(18,9-19-2)8-16-13-12-7-11(17)4-3-10(12)5-6-15-13/h3-7,17-18H,8-9H2,1-2H3,(H,15,16). The molecule has 0 aliphatic heterocycles. The molecule has 1 heterocycles. The van der Waals surface area contributed by atoms with Gasteiger partial charge in [0, 0.05) is 23.9 Å². The van der Waals surface area contributed by atoms with Crippen LogP contribution in [0, 0.1) is 0 Å². The highest BCUT2D eigenvalue weighted by Gasteiger charge is 2.19. The molecule has 1 unspecified atom stereocenters. The van der Waals surface area contributed by atoms with Gasteiger partial charge in [-0.05, 0) is 36.8 Å². The average molecular weight is 278 g/mol. The molecule has 19 heavy (non-hydrogen) atoms. The largest absolute Gasteiger partial charge is 0.508 e. The summed E-state index contributed by atoms with van der Waals surface area (Å²) in [4.78, 5) is 4.27. The van der Waals surface area contributed by atoms with Crippen molar-refractivity contribution >= 4 is 28.4 Å². The molecular weight excluding hydrogens is 260 g/mol. The van der Waals surface area contributed by atoms with Gasteiger partial charge in [0.25, 0.3) is 0 Å². The zero-order valence-electron chi connectivity index (χ0n) is 11.1. The molecule has 102 valence electrons. The second-order valence-corrected chi connectivity index (χ2v) is 5.71. The van der Waals surface area contributed by atoms with Crippen molar-refractivity contribution in [1.82, 2.24) is 4.98 Å². The minimum atomic E-state index is -0.792. The first kappa shape index (κ1) is 14.0. The number of hydrogen-bond acceptors (Lipinski definition) is 5. The maximum atomic E-state index is 10.1. The fraction of sp³-hybridized carbons (Fsp3) is 0.357. The lowest BCUT2D eigenvalue weighted by molar-refractivity contribution is 0.0996. The number of aliphatic hydroxyl groups is 1. The fourth-order valence-electron chi connectivity index (χ4n) is 1.93. The number of phenols is 1. The third-order valence-electron chi connectivity index (χ3n) is 2.84. The normalized spacial score (nSPS) is 14.3. The number of thioether (sulfide) groups is 1. The van der Waals surface area contributed by atoms with Crippen molar-refractivity contribution in [3.63, 3.8) is 0 Å². The minimum absolute atomic E-state index is 0.208. The molecule has 2 rings (SSSR count). The van der Waals surface area contributed by atoms with Gasteiger partial charge in [-0.25, -0.2) is 4.98 Å². The van der Waals surface area contributed by atoms with Crippen LogP contribution in [0.2, 0.25) is 0 Å². The number of aromatic hydroxyl groups is 1. The summed E-state index contributed by atoms with van der Waals surface area (Å²) in [7, 11) is 0. The molecule has 0 saturated carbocycles. The Hall–Kier alpha value is -1.46. The molecule has 0 radical (unpaired) electrons. The Bertz CT molecular complexity index is 572. The SMILES string of the molecule is CSCC(C)(O)CNc1nccc2ccc(O)cc12. The van der Waals surface area contributed by atoms with Crippen LogP contribution in [0.3, 0.4) is 0 Å². The maximum absolute atomic E-state index is 10.1. The van der Waals surface area contributed by atoms with E-state index in [9.17, 15) is 10.2 Å². The van der Waals surface area contributed by atoms with E-state index in [4.69, 9.17) is 0 Å². The summed E-state index contributed by atoms with van der Waals surface area (Å²) in [6.45, 7) is 2.20. The fourth-order valence-corrected chi connectivity index (χ4v) is 2.66. The van der Waals surface area contributed by atoms with Crippen LogP contribution in [0.5, 0.6) is 5.75 Å². The van der Waals surface area contributed by atoms with Gasteiger partial charge in [0.2, 0.25) is 0 Å². The molecule has 0 fully saturated rings. The molecule has 2 aromatic rings. The number of nitrogens with zero attached hydrogens (tertiary/aromatic N) is 1. The second-order valence-electron chi connectivity index (χ2n) is 4.85. The smallest absolute Gasteiger partial charge is 0.134 e. The Morgan fingerprint density at radius 1 is 1.37 bits per heavy atom. The van der Waals surface area contributed by atoms with E-state index in [1.165, 1.54) is 0 Å². The molecular formula is C14H18N2O2S. The van der Waals surface area contributed by atoms with E-state index in [0.29, 0.717) is 18.1 Å². The van der Waals surface area contributed by atoms with Gasteiger partial charge in [-0.3, -0.25) is 0 Å². The van der Waals surface area contributed by atoms with E-state index in [-0.39, 0.29) is 5.75 Å². The number of anilines is 1. The number of pyridine rings is 1. The van der Waals surface area contributed by atoms with E-state index in [0.717, 1.165) is 10.8 Å². The zero-order chi connectivity index (χ0) is 13.9. The van der Waals surface area contributed by atoms with Crippen LogP contribution >= 0.6 is 11.8 Å². The topological polar surface area (TPSA) is 65.4 Å². The number of rotatable bonds is 5. The van der Waals surface area contributed by atoms with Crippen LogP contribution < -0.4 is 5.32 Å². The van der Waals surface area contributed by atoms with E-state index >= 15 is 0 Å². The lowest BCUT2D eigenvalue weighted by Crippen LogP contribution is -2.36. The van der Waals surface area contributed by atoms with Crippen molar-refractivity contribution in [2.24, 2.45) is 0 Å². The molecule has 1 aromatic carbocycles. The first-order chi connectivity index (χ1) is 9.02. The molecule has 0 spiro atoms. The average Bonchev–Trinajstić information content (AvgIpc) is 2.36. The molecule has 1 atom stereocenters. The van der Waals surface area contributed by atoms with Gasteiger partial charge in [0.05, 0.1) is 5.60 Å². The highest BCUT2D eigenvalue weighted by atomic mass is 32.2. The van der Waals surface area contributed by atoms with Crippen molar-refractivity contribution in [2.45, 2.75) is 12.5 Å². The number of fused-ring (bicyclic) bond motifs is 1. The van der Waals surface area contributed by atoms with Crippen LogP contribution in [0.4, 0.5) is 5.82 Å². The molecule has 3 N–H and O–H groups in total. The number of benzene rings is 1.